The van der Waals surface area contributed by atoms with E-state index in [4.69, 9.17) is 14.2 Å². The van der Waals surface area contributed by atoms with E-state index in [2.05, 4.69) is 19.2 Å². The first-order chi connectivity index (χ1) is 14.8. The number of amides is 2. The summed E-state index contributed by atoms with van der Waals surface area (Å²) >= 11 is 0. The quantitative estimate of drug-likeness (QED) is 0.632. The van der Waals surface area contributed by atoms with E-state index in [-0.39, 0.29) is 30.9 Å². The minimum absolute atomic E-state index is 0.0858. The number of hydrogen-bond acceptors (Lipinski definition) is 6. The van der Waals surface area contributed by atoms with Crippen LogP contribution in [0.1, 0.15) is 51.5 Å². The zero-order chi connectivity index (χ0) is 22.4. The van der Waals surface area contributed by atoms with Crippen LogP contribution in [0, 0.1) is 0 Å². The molecule has 2 heterocycles. The van der Waals surface area contributed by atoms with Gasteiger partial charge in [0.15, 0.2) is 6.10 Å². The predicted octanol–water partition coefficient (Wildman–Crippen LogP) is 2.02. The molecular weight excluding hydrogens is 400 g/mol. The highest BCUT2D eigenvalue weighted by molar-refractivity contribution is 5.93. The third-order valence-electron chi connectivity index (χ3n) is 5.64. The maximum absolute atomic E-state index is 13.0. The second-order valence-electron chi connectivity index (χ2n) is 8.34. The lowest BCUT2D eigenvalue weighted by Crippen LogP contribution is -2.60. The molecule has 0 radical (unpaired) electrons. The van der Waals surface area contributed by atoms with Crippen molar-refractivity contribution in [2.45, 2.75) is 64.2 Å². The largest absolute Gasteiger partial charge is 0.481 e. The minimum Gasteiger partial charge on any atom is -0.481 e. The highest BCUT2D eigenvalue weighted by atomic mass is 16.6. The van der Waals surface area contributed by atoms with Crippen LogP contribution >= 0.6 is 0 Å². The first-order valence-electron chi connectivity index (χ1n) is 11.0. The van der Waals surface area contributed by atoms with Crippen LogP contribution in [-0.4, -0.2) is 67.2 Å². The summed E-state index contributed by atoms with van der Waals surface area (Å²) in [5.74, 6) is -0.227. The van der Waals surface area contributed by atoms with Gasteiger partial charge in [-0.05, 0) is 43.4 Å². The summed E-state index contributed by atoms with van der Waals surface area (Å²) in [5.41, 5.74) is 1.18. The van der Waals surface area contributed by atoms with Gasteiger partial charge in [0.2, 0.25) is 5.91 Å². The number of esters is 1. The zero-order valence-electron chi connectivity index (χ0n) is 18.5. The van der Waals surface area contributed by atoms with Crippen molar-refractivity contribution in [2.75, 3.05) is 26.3 Å². The van der Waals surface area contributed by atoms with Gasteiger partial charge in [-0.25, -0.2) is 0 Å². The van der Waals surface area contributed by atoms with E-state index < -0.39 is 18.1 Å². The van der Waals surface area contributed by atoms with Crippen LogP contribution in [0.2, 0.25) is 0 Å². The Balaban J connectivity index is 1.58. The molecule has 1 aromatic rings. The number of carbonyl (C=O) groups is 3. The number of benzene rings is 1. The standard InChI is InChI=1S/C23H32N2O6/c1-15(2)17-6-8-18(9-7-17)31-16(3)23(28)25-11-10-24-22(27)20(25)13-21(26)30-14-19-5-4-12-29-19/h6-9,15-16,19-20H,4-5,10-14H2,1-3H3,(H,24,27)/t16-,19+,20+/m1/s1. The van der Waals surface area contributed by atoms with Crippen LogP contribution < -0.4 is 10.1 Å². The molecule has 2 fully saturated rings. The van der Waals surface area contributed by atoms with E-state index in [9.17, 15) is 14.4 Å². The molecule has 3 rings (SSSR count). The Labute approximate surface area is 183 Å². The molecule has 0 saturated carbocycles. The first kappa shape index (κ1) is 23.1. The molecule has 1 N–H and O–H groups in total. The molecule has 2 amide bonds. The molecule has 0 spiro atoms. The van der Waals surface area contributed by atoms with Crippen molar-refractivity contribution < 1.29 is 28.6 Å². The Morgan fingerprint density at radius 1 is 1.23 bits per heavy atom. The molecule has 0 aromatic heterocycles. The maximum atomic E-state index is 13.0. The van der Waals surface area contributed by atoms with E-state index in [1.807, 2.05) is 24.3 Å². The molecule has 0 unspecified atom stereocenters. The van der Waals surface area contributed by atoms with Crippen molar-refractivity contribution in [2.24, 2.45) is 0 Å². The van der Waals surface area contributed by atoms with E-state index in [0.29, 0.717) is 31.4 Å². The highest BCUT2D eigenvalue weighted by Gasteiger charge is 2.37. The average molecular weight is 433 g/mol. The van der Waals surface area contributed by atoms with Crippen molar-refractivity contribution in [1.29, 1.82) is 0 Å². The first-order valence-corrected chi connectivity index (χ1v) is 11.0. The van der Waals surface area contributed by atoms with Crippen LogP contribution in [-0.2, 0) is 23.9 Å². The zero-order valence-corrected chi connectivity index (χ0v) is 18.5. The van der Waals surface area contributed by atoms with Crippen LogP contribution in [0.15, 0.2) is 24.3 Å². The summed E-state index contributed by atoms with van der Waals surface area (Å²) in [4.78, 5) is 39.2. The van der Waals surface area contributed by atoms with Gasteiger partial charge in [0.05, 0.1) is 12.5 Å². The Hall–Kier alpha value is -2.61. The molecular formula is C23H32N2O6. The summed E-state index contributed by atoms with van der Waals surface area (Å²) < 4.78 is 16.5. The van der Waals surface area contributed by atoms with Gasteiger partial charge in [-0.1, -0.05) is 26.0 Å². The number of ether oxygens (including phenoxy) is 3. The average Bonchev–Trinajstić information content (AvgIpc) is 3.27. The number of piperazine rings is 1. The van der Waals surface area contributed by atoms with E-state index in [1.165, 1.54) is 10.5 Å². The lowest BCUT2D eigenvalue weighted by molar-refractivity contribution is -0.155. The van der Waals surface area contributed by atoms with Crippen molar-refractivity contribution in [3.63, 3.8) is 0 Å². The normalized spacial score (nSPS) is 22.2. The molecule has 0 bridgehead atoms. The lowest BCUT2D eigenvalue weighted by Gasteiger charge is -2.36. The summed E-state index contributed by atoms with van der Waals surface area (Å²) in [6, 6.07) is 6.70. The van der Waals surface area contributed by atoms with Gasteiger partial charge in [0, 0.05) is 19.7 Å². The third kappa shape index (κ3) is 6.19. The van der Waals surface area contributed by atoms with Crippen LogP contribution in [0.4, 0.5) is 0 Å². The molecule has 0 aliphatic carbocycles. The molecule has 2 saturated heterocycles. The highest BCUT2D eigenvalue weighted by Crippen LogP contribution is 2.21. The van der Waals surface area contributed by atoms with Gasteiger partial charge in [-0.15, -0.1) is 0 Å². The number of nitrogens with zero attached hydrogens (tertiary/aromatic N) is 1. The van der Waals surface area contributed by atoms with Crippen molar-refractivity contribution >= 4 is 17.8 Å². The molecule has 2 aliphatic rings. The number of carbonyl (C=O) groups excluding carboxylic acids is 3. The summed E-state index contributed by atoms with van der Waals surface area (Å²) in [7, 11) is 0. The summed E-state index contributed by atoms with van der Waals surface area (Å²) in [6.45, 7) is 7.36. The molecule has 2 aliphatic heterocycles. The topological polar surface area (TPSA) is 94.2 Å². The Bertz CT molecular complexity index is 773. The van der Waals surface area contributed by atoms with Crippen LogP contribution in [0.3, 0.4) is 0 Å². The number of nitrogens with one attached hydrogen (secondary N) is 1. The van der Waals surface area contributed by atoms with E-state index >= 15 is 0 Å². The predicted molar refractivity (Wildman–Crippen MR) is 114 cm³/mol. The van der Waals surface area contributed by atoms with Gasteiger partial charge in [0.1, 0.15) is 18.4 Å². The third-order valence-corrected chi connectivity index (χ3v) is 5.64. The fourth-order valence-corrected chi connectivity index (χ4v) is 3.78. The van der Waals surface area contributed by atoms with Crippen LogP contribution in [0.25, 0.3) is 0 Å². The van der Waals surface area contributed by atoms with Crippen molar-refractivity contribution in [1.82, 2.24) is 10.2 Å². The van der Waals surface area contributed by atoms with E-state index in [0.717, 1.165) is 12.8 Å². The Morgan fingerprint density at radius 3 is 2.61 bits per heavy atom. The second kappa shape index (κ2) is 10.6. The summed E-state index contributed by atoms with van der Waals surface area (Å²) in [6.07, 6.45) is 0.737. The smallest absolute Gasteiger partial charge is 0.308 e. The fourth-order valence-electron chi connectivity index (χ4n) is 3.78. The Morgan fingerprint density at radius 2 is 1.97 bits per heavy atom. The summed E-state index contributed by atoms with van der Waals surface area (Å²) in [5, 5.41) is 2.72. The van der Waals surface area contributed by atoms with Gasteiger partial charge in [-0.2, -0.15) is 0 Å². The molecule has 170 valence electrons. The molecule has 1 aromatic carbocycles. The second-order valence-corrected chi connectivity index (χ2v) is 8.34. The SMILES string of the molecule is CC(C)c1ccc(O[C@H](C)C(=O)N2CCNC(=O)[C@@H]2CC(=O)OC[C@@H]2CCCO2)cc1. The van der Waals surface area contributed by atoms with Gasteiger partial charge >= 0.3 is 5.97 Å². The van der Waals surface area contributed by atoms with Gasteiger partial charge < -0.3 is 24.4 Å². The van der Waals surface area contributed by atoms with Gasteiger partial charge in [-0.3, -0.25) is 14.4 Å². The van der Waals surface area contributed by atoms with Crippen LogP contribution in [0.5, 0.6) is 5.75 Å². The molecule has 3 atom stereocenters. The van der Waals surface area contributed by atoms with Crippen molar-refractivity contribution in [3.8, 4) is 5.75 Å². The van der Waals surface area contributed by atoms with E-state index in [1.54, 1.807) is 6.92 Å². The molecule has 8 heteroatoms. The number of rotatable bonds is 8. The molecule has 8 nitrogen and oxygen atoms in total. The number of hydrogen-bond donors (Lipinski definition) is 1. The monoisotopic (exact) mass is 432 g/mol. The maximum Gasteiger partial charge on any atom is 0.308 e. The van der Waals surface area contributed by atoms with Crippen molar-refractivity contribution in [3.05, 3.63) is 29.8 Å². The van der Waals surface area contributed by atoms with Gasteiger partial charge in [0.25, 0.3) is 5.91 Å². The molecule has 31 heavy (non-hydrogen) atoms. The fraction of sp³-hybridized carbons (Fsp3) is 0.609. The minimum atomic E-state index is -0.910. The lowest BCUT2D eigenvalue weighted by atomic mass is 10.0. The Kier molecular flexibility index (Phi) is 7.90.